The number of furan rings is 1. The summed E-state index contributed by atoms with van der Waals surface area (Å²) in [6.45, 7) is -0.391. The molecule has 4 aromatic rings. The number of carbonyl (C=O) groups excluding carboxylic acids is 1. The van der Waals surface area contributed by atoms with Crippen LogP contribution in [0.1, 0.15) is 27.4 Å². The molecule has 1 amide bonds. The summed E-state index contributed by atoms with van der Waals surface area (Å²) < 4.78 is 79.2. The number of para-hydroxylation sites is 1. The van der Waals surface area contributed by atoms with Crippen LogP contribution >= 0.6 is 11.6 Å². The number of amides is 1. The molecule has 0 atom stereocenters. The van der Waals surface area contributed by atoms with Gasteiger partial charge in [0, 0.05) is 28.6 Å². The molecule has 0 aliphatic carbocycles. The number of hydrogen-bond donors (Lipinski definition) is 1. The number of ether oxygens (including phenoxy) is 1. The molecule has 0 aliphatic rings. The predicted octanol–water partition coefficient (Wildman–Crippen LogP) is 7.05. The number of rotatable bonds is 7. The van der Waals surface area contributed by atoms with Crippen LogP contribution in [0.3, 0.4) is 0 Å². The lowest BCUT2D eigenvalue weighted by molar-refractivity contribution is 0.0994. The van der Waals surface area contributed by atoms with Crippen LogP contribution in [0.2, 0.25) is 5.02 Å². The number of nitrogens with one attached hydrogen (secondary N) is 1. The van der Waals surface area contributed by atoms with Crippen LogP contribution in [0.4, 0.5) is 27.6 Å². The van der Waals surface area contributed by atoms with E-state index in [1.807, 2.05) is 0 Å². The fraction of sp³-hybridized carbons (Fsp3) is 0.0800. The van der Waals surface area contributed by atoms with Gasteiger partial charge in [0.1, 0.15) is 41.3 Å². The van der Waals surface area contributed by atoms with E-state index in [4.69, 9.17) is 20.8 Å². The van der Waals surface area contributed by atoms with Crippen molar-refractivity contribution in [3.8, 4) is 5.75 Å². The molecule has 0 saturated carbocycles. The van der Waals surface area contributed by atoms with Gasteiger partial charge in [-0.05, 0) is 48.5 Å². The molecule has 1 heterocycles. The van der Waals surface area contributed by atoms with Crippen LogP contribution in [-0.4, -0.2) is 5.91 Å². The summed E-state index contributed by atoms with van der Waals surface area (Å²) in [5.74, 6) is -5.89. The second-order valence-electron chi connectivity index (χ2n) is 7.39. The zero-order valence-electron chi connectivity index (χ0n) is 17.7. The van der Waals surface area contributed by atoms with E-state index in [2.05, 4.69) is 5.32 Å². The van der Waals surface area contributed by atoms with Crippen LogP contribution in [0.25, 0.3) is 0 Å². The number of hydrogen-bond acceptors (Lipinski definition) is 3. The van der Waals surface area contributed by atoms with Gasteiger partial charge in [0.2, 0.25) is 0 Å². The Kier molecular flexibility index (Phi) is 7.07. The molecule has 0 radical (unpaired) electrons. The van der Waals surface area contributed by atoms with E-state index in [0.717, 1.165) is 18.2 Å². The normalized spacial score (nSPS) is 10.9. The molecular weight excluding hydrogens is 493 g/mol. The molecule has 0 fully saturated rings. The van der Waals surface area contributed by atoms with Crippen molar-refractivity contribution in [2.75, 3.05) is 5.32 Å². The Morgan fingerprint density at radius 1 is 0.829 bits per heavy atom. The molecule has 1 aromatic heterocycles. The lowest BCUT2D eigenvalue weighted by atomic mass is 10.1. The smallest absolute Gasteiger partial charge is 0.291 e. The standard InChI is InChI=1S/C25H15ClF5NO3/c26-15-4-6-22(34-12-14-10-20(30)21(31)11-19(14)29)13(8-15)9-16-5-7-23(35-16)25(33)32-24-17(27)2-1-3-18(24)28/h1-8,10-11H,9,12H2,(H,32,33). The number of benzene rings is 3. The summed E-state index contributed by atoms with van der Waals surface area (Å²) in [6, 6.07) is 11.7. The highest BCUT2D eigenvalue weighted by Gasteiger charge is 2.18. The van der Waals surface area contributed by atoms with Crippen molar-refractivity contribution in [1.82, 2.24) is 0 Å². The van der Waals surface area contributed by atoms with Crippen molar-refractivity contribution in [3.63, 3.8) is 0 Å². The van der Waals surface area contributed by atoms with Crippen LogP contribution < -0.4 is 10.1 Å². The molecular formula is C25H15ClF5NO3. The maximum Gasteiger partial charge on any atom is 0.291 e. The second kappa shape index (κ2) is 10.2. The molecule has 0 unspecified atom stereocenters. The maximum atomic E-state index is 13.9. The third kappa shape index (κ3) is 5.63. The van der Waals surface area contributed by atoms with Gasteiger partial charge in [-0.25, -0.2) is 22.0 Å². The summed E-state index contributed by atoms with van der Waals surface area (Å²) in [7, 11) is 0. The zero-order valence-corrected chi connectivity index (χ0v) is 18.4. The van der Waals surface area contributed by atoms with E-state index < -0.39 is 47.3 Å². The minimum absolute atomic E-state index is 0.0808. The first-order valence-electron chi connectivity index (χ1n) is 10.1. The van der Waals surface area contributed by atoms with Crippen molar-refractivity contribution in [1.29, 1.82) is 0 Å². The van der Waals surface area contributed by atoms with Crippen molar-refractivity contribution in [2.24, 2.45) is 0 Å². The van der Waals surface area contributed by atoms with Gasteiger partial charge >= 0.3 is 0 Å². The van der Waals surface area contributed by atoms with Crippen LogP contribution in [0.5, 0.6) is 5.75 Å². The molecule has 3 aromatic carbocycles. The first-order chi connectivity index (χ1) is 16.7. The fourth-order valence-electron chi connectivity index (χ4n) is 3.23. The van der Waals surface area contributed by atoms with Crippen molar-refractivity contribution < 1.29 is 35.9 Å². The maximum absolute atomic E-state index is 13.9. The minimum Gasteiger partial charge on any atom is -0.488 e. The third-order valence-electron chi connectivity index (χ3n) is 4.95. The van der Waals surface area contributed by atoms with Gasteiger partial charge in [-0.3, -0.25) is 4.79 Å². The summed E-state index contributed by atoms with van der Waals surface area (Å²) in [6.07, 6.45) is 0.0808. The summed E-state index contributed by atoms with van der Waals surface area (Å²) in [4.78, 5) is 12.4. The molecule has 10 heteroatoms. The number of anilines is 1. The molecule has 4 nitrogen and oxygen atoms in total. The summed E-state index contributed by atoms with van der Waals surface area (Å²) >= 11 is 6.07. The summed E-state index contributed by atoms with van der Waals surface area (Å²) in [5, 5.41) is 2.48. The van der Waals surface area contributed by atoms with Crippen LogP contribution in [-0.2, 0) is 13.0 Å². The first kappa shape index (κ1) is 24.3. The second-order valence-corrected chi connectivity index (χ2v) is 7.83. The molecule has 1 N–H and O–H groups in total. The summed E-state index contributed by atoms with van der Waals surface area (Å²) in [5.41, 5.74) is -0.311. The Bertz CT molecular complexity index is 1390. The third-order valence-corrected chi connectivity index (χ3v) is 5.18. The van der Waals surface area contributed by atoms with Crippen molar-refractivity contribution >= 4 is 23.2 Å². The van der Waals surface area contributed by atoms with E-state index in [-0.39, 0.29) is 29.3 Å². The van der Waals surface area contributed by atoms with E-state index in [1.165, 1.54) is 24.3 Å². The van der Waals surface area contributed by atoms with Gasteiger partial charge in [-0.2, -0.15) is 0 Å². The number of carbonyl (C=O) groups is 1. The molecule has 0 spiro atoms. The van der Waals surface area contributed by atoms with E-state index in [1.54, 1.807) is 6.07 Å². The number of halogens is 6. The lowest BCUT2D eigenvalue weighted by Crippen LogP contribution is -2.13. The average Bonchev–Trinajstić information content (AvgIpc) is 3.27. The Morgan fingerprint density at radius 2 is 1.54 bits per heavy atom. The monoisotopic (exact) mass is 507 g/mol. The minimum atomic E-state index is -1.31. The van der Waals surface area contributed by atoms with Gasteiger partial charge in [-0.1, -0.05) is 17.7 Å². The lowest BCUT2D eigenvalue weighted by Gasteiger charge is -2.12. The average molecular weight is 508 g/mol. The van der Waals surface area contributed by atoms with Gasteiger partial charge in [-0.15, -0.1) is 0 Å². The zero-order chi connectivity index (χ0) is 25.1. The Hall–Kier alpha value is -3.85. The van der Waals surface area contributed by atoms with E-state index >= 15 is 0 Å². The molecule has 4 rings (SSSR count). The first-order valence-corrected chi connectivity index (χ1v) is 10.5. The highest BCUT2D eigenvalue weighted by atomic mass is 35.5. The quantitative estimate of drug-likeness (QED) is 0.215. The largest absolute Gasteiger partial charge is 0.488 e. The van der Waals surface area contributed by atoms with Crippen molar-refractivity contribution in [2.45, 2.75) is 13.0 Å². The van der Waals surface area contributed by atoms with Gasteiger partial charge in [0.15, 0.2) is 17.4 Å². The predicted molar refractivity (Wildman–Crippen MR) is 118 cm³/mol. The highest BCUT2D eigenvalue weighted by Crippen LogP contribution is 2.28. The van der Waals surface area contributed by atoms with E-state index in [9.17, 15) is 26.7 Å². The molecule has 35 heavy (non-hydrogen) atoms. The molecule has 0 aliphatic heterocycles. The molecule has 0 bridgehead atoms. The highest BCUT2D eigenvalue weighted by molar-refractivity contribution is 6.30. The fourth-order valence-corrected chi connectivity index (χ4v) is 3.43. The molecule has 0 saturated heterocycles. The Morgan fingerprint density at radius 3 is 2.29 bits per heavy atom. The van der Waals surface area contributed by atoms with Gasteiger partial charge in [0.25, 0.3) is 5.91 Å². The SMILES string of the molecule is O=C(Nc1c(F)cccc1F)c1ccc(Cc2cc(Cl)ccc2OCc2cc(F)c(F)cc2F)o1. The van der Waals surface area contributed by atoms with Crippen molar-refractivity contribution in [3.05, 3.63) is 117 Å². The molecule has 180 valence electrons. The van der Waals surface area contributed by atoms with Gasteiger partial charge < -0.3 is 14.5 Å². The Labute approximate surface area is 200 Å². The van der Waals surface area contributed by atoms with Gasteiger partial charge in [0.05, 0.1) is 0 Å². The topological polar surface area (TPSA) is 51.5 Å². The Balaban J connectivity index is 1.50. The van der Waals surface area contributed by atoms with Crippen LogP contribution in [0.15, 0.2) is 65.1 Å². The van der Waals surface area contributed by atoms with E-state index in [0.29, 0.717) is 22.7 Å². The van der Waals surface area contributed by atoms with Crippen LogP contribution in [0, 0.1) is 29.1 Å².